The average molecular weight is 186 g/mol. The van der Waals surface area contributed by atoms with Gasteiger partial charge in [-0.2, -0.15) is 0 Å². The van der Waals surface area contributed by atoms with Crippen LogP contribution in [-0.2, 0) is 0 Å². The molecule has 1 heteroatoms. The highest BCUT2D eigenvalue weighted by atomic mass is 19.1. The molecule has 1 unspecified atom stereocenters. The number of hydrogen-bond acceptors (Lipinski definition) is 0. The van der Waals surface area contributed by atoms with Crippen LogP contribution < -0.4 is 0 Å². The van der Waals surface area contributed by atoms with Crippen LogP contribution in [0.4, 0.5) is 4.39 Å². The van der Waals surface area contributed by atoms with Gasteiger partial charge in [0.05, 0.1) is 0 Å². The van der Waals surface area contributed by atoms with Gasteiger partial charge in [-0.3, -0.25) is 0 Å². The standard InChI is InChI=1S/C10H17F.C2H6/c1-5-10(11)7-6-9(4)8(2)3;1-2/h5-9H,1-4H3;1-2H3/b7-6-,10-5+;. The van der Waals surface area contributed by atoms with Gasteiger partial charge in [0, 0.05) is 0 Å². The van der Waals surface area contributed by atoms with Crippen molar-refractivity contribution in [3.63, 3.8) is 0 Å². The van der Waals surface area contributed by atoms with Gasteiger partial charge in [0.2, 0.25) is 0 Å². The SMILES string of the molecule is C/C=C(F)\C=C/C(C)C(C)C.CC. The lowest BCUT2D eigenvalue weighted by molar-refractivity contribution is 0.502. The van der Waals surface area contributed by atoms with Crippen LogP contribution in [0.2, 0.25) is 0 Å². The molecule has 0 saturated heterocycles. The van der Waals surface area contributed by atoms with Crippen molar-refractivity contribution in [2.24, 2.45) is 11.8 Å². The van der Waals surface area contributed by atoms with E-state index in [-0.39, 0.29) is 5.83 Å². The van der Waals surface area contributed by atoms with Crippen LogP contribution in [0.1, 0.15) is 41.5 Å². The highest BCUT2D eigenvalue weighted by molar-refractivity contribution is 5.10. The van der Waals surface area contributed by atoms with Crippen molar-refractivity contribution in [3.8, 4) is 0 Å². The summed E-state index contributed by atoms with van der Waals surface area (Å²) in [5.74, 6) is 0.870. The lowest BCUT2D eigenvalue weighted by Gasteiger charge is -2.08. The maximum atomic E-state index is 12.5. The van der Waals surface area contributed by atoms with E-state index in [1.807, 2.05) is 19.9 Å². The molecule has 0 nitrogen and oxygen atoms in total. The third kappa shape index (κ3) is 9.32. The Morgan fingerprint density at radius 3 is 1.92 bits per heavy atom. The van der Waals surface area contributed by atoms with E-state index >= 15 is 0 Å². The molecule has 0 aliphatic heterocycles. The van der Waals surface area contributed by atoms with Gasteiger partial charge in [0.1, 0.15) is 5.83 Å². The third-order valence-electron chi connectivity index (χ3n) is 1.89. The number of rotatable bonds is 3. The summed E-state index contributed by atoms with van der Waals surface area (Å²) in [6.07, 6.45) is 4.90. The molecule has 0 N–H and O–H groups in total. The summed E-state index contributed by atoms with van der Waals surface area (Å²) in [6.45, 7) is 12.0. The molecule has 0 aromatic rings. The van der Waals surface area contributed by atoms with Gasteiger partial charge in [0.25, 0.3) is 0 Å². The van der Waals surface area contributed by atoms with Crippen LogP contribution in [-0.4, -0.2) is 0 Å². The highest BCUT2D eigenvalue weighted by Crippen LogP contribution is 2.12. The van der Waals surface area contributed by atoms with Crippen LogP contribution in [0.3, 0.4) is 0 Å². The number of halogens is 1. The third-order valence-corrected chi connectivity index (χ3v) is 1.89. The Balaban J connectivity index is 0. The molecule has 0 aliphatic carbocycles. The molecule has 0 aromatic carbocycles. The van der Waals surface area contributed by atoms with Gasteiger partial charge < -0.3 is 0 Å². The van der Waals surface area contributed by atoms with E-state index in [2.05, 4.69) is 20.8 Å². The quantitative estimate of drug-likeness (QED) is 0.559. The Morgan fingerprint density at radius 2 is 1.62 bits per heavy atom. The molecule has 0 radical (unpaired) electrons. The second-order valence-corrected chi connectivity index (χ2v) is 3.14. The van der Waals surface area contributed by atoms with Crippen molar-refractivity contribution in [1.29, 1.82) is 0 Å². The lowest BCUT2D eigenvalue weighted by Crippen LogP contribution is -1.98. The summed E-state index contributed by atoms with van der Waals surface area (Å²) in [5.41, 5.74) is 0. The number of allylic oxidation sites excluding steroid dienone is 4. The van der Waals surface area contributed by atoms with Crippen LogP contribution in [0.25, 0.3) is 0 Å². The van der Waals surface area contributed by atoms with Crippen LogP contribution in [0, 0.1) is 11.8 Å². The Labute approximate surface area is 82.5 Å². The van der Waals surface area contributed by atoms with Crippen LogP contribution >= 0.6 is 0 Å². The molecule has 0 amide bonds. The topological polar surface area (TPSA) is 0 Å². The van der Waals surface area contributed by atoms with Crippen LogP contribution in [0.15, 0.2) is 24.1 Å². The second-order valence-electron chi connectivity index (χ2n) is 3.14. The predicted molar refractivity (Wildman–Crippen MR) is 59.4 cm³/mol. The van der Waals surface area contributed by atoms with E-state index in [0.29, 0.717) is 11.8 Å². The zero-order valence-electron chi connectivity index (χ0n) is 9.76. The summed E-state index contributed by atoms with van der Waals surface area (Å²) in [6, 6.07) is 0. The highest BCUT2D eigenvalue weighted by Gasteiger charge is 2.01. The molecule has 0 aromatic heterocycles. The summed E-state index contributed by atoms with van der Waals surface area (Å²) in [7, 11) is 0. The van der Waals surface area contributed by atoms with Crippen molar-refractivity contribution < 1.29 is 4.39 Å². The monoisotopic (exact) mass is 186 g/mol. The summed E-state index contributed by atoms with van der Waals surface area (Å²) in [4.78, 5) is 0. The van der Waals surface area contributed by atoms with Gasteiger partial charge >= 0.3 is 0 Å². The minimum atomic E-state index is -0.155. The van der Waals surface area contributed by atoms with Gasteiger partial charge in [-0.15, -0.1) is 0 Å². The van der Waals surface area contributed by atoms with Crippen molar-refractivity contribution in [3.05, 3.63) is 24.1 Å². The molecule has 0 fully saturated rings. The maximum Gasteiger partial charge on any atom is 0.118 e. The minimum absolute atomic E-state index is 0.155. The van der Waals surface area contributed by atoms with Crippen molar-refractivity contribution >= 4 is 0 Å². The molecule has 1 atom stereocenters. The van der Waals surface area contributed by atoms with Gasteiger partial charge in [-0.05, 0) is 24.8 Å². The minimum Gasteiger partial charge on any atom is -0.207 e. The molecule has 0 spiro atoms. The summed E-state index contributed by atoms with van der Waals surface area (Å²) >= 11 is 0. The smallest absolute Gasteiger partial charge is 0.118 e. The molecule has 0 saturated carbocycles. The van der Waals surface area contributed by atoms with E-state index in [9.17, 15) is 4.39 Å². The van der Waals surface area contributed by atoms with E-state index in [0.717, 1.165) is 0 Å². The largest absolute Gasteiger partial charge is 0.207 e. The average Bonchev–Trinajstić information content (AvgIpc) is 2.16. The van der Waals surface area contributed by atoms with Crippen molar-refractivity contribution in [1.82, 2.24) is 0 Å². The summed E-state index contributed by atoms with van der Waals surface area (Å²) in [5, 5.41) is 0. The lowest BCUT2D eigenvalue weighted by atomic mass is 9.98. The molecule has 0 heterocycles. The number of hydrogen-bond donors (Lipinski definition) is 0. The Bertz CT molecular complexity index is 155. The first-order valence-electron chi connectivity index (χ1n) is 5.08. The maximum absolute atomic E-state index is 12.5. The Morgan fingerprint density at radius 1 is 1.15 bits per heavy atom. The van der Waals surface area contributed by atoms with E-state index in [4.69, 9.17) is 0 Å². The zero-order valence-corrected chi connectivity index (χ0v) is 9.76. The fourth-order valence-corrected chi connectivity index (χ4v) is 0.562. The van der Waals surface area contributed by atoms with E-state index < -0.39 is 0 Å². The first-order valence-corrected chi connectivity index (χ1v) is 5.08. The molecule has 13 heavy (non-hydrogen) atoms. The fourth-order valence-electron chi connectivity index (χ4n) is 0.562. The van der Waals surface area contributed by atoms with Crippen molar-refractivity contribution in [2.45, 2.75) is 41.5 Å². The fraction of sp³-hybridized carbons (Fsp3) is 0.667. The molecular weight excluding hydrogens is 163 g/mol. The molecule has 0 rings (SSSR count). The molecule has 0 bridgehead atoms. The van der Waals surface area contributed by atoms with Crippen molar-refractivity contribution in [2.75, 3.05) is 0 Å². The Hall–Kier alpha value is -0.590. The first-order chi connectivity index (χ1) is 6.07. The Kier molecular flexibility index (Phi) is 10.9. The van der Waals surface area contributed by atoms with Gasteiger partial charge in [-0.1, -0.05) is 46.8 Å². The van der Waals surface area contributed by atoms with Gasteiger partial charge in [0.15, 0.2) is 0 Å². The summed E-state index contributed by atoms with van der Waals surface area (Å²) < 4.78 is 12.5. The molecule has 78 valence electrons. The molecule has 0 aliphatic rings. The predicted octanol–water partition coefficient (Wildman–Crippen LogP) is 4.73. The van der Waals surface area contributed by atoms with Crippen LogP contribution in [0.5, 0.6) is 0 Å². The molecular formula is C12H23F. The zero-order chi connectivity index (χ0) is 10.9. The first kappa shape index (κ1) is 14.9. The second kappa shape index (κ2) is 9.50. The van der Waals surface area contributed by atoms with Gasteiger partial charge in [-0.25, -0.2) is 4.39 Å². The van der Waals surface area contributed by atoms with E-state index in [1.165, 1.54) is 12.2 Å². The normalized spacial score (nSPS) is 14.3. The van der Waals surface area contributed by atoms with E-state index in [1.54, 1.807) is 6.92 Å².